The van der Waals surface area contributed by atoms with Crippen LogP contribution in [-0.4, -0.2) is 38.9 Å². The molecule has 1 heterocycles. The second-order valence-corrected chi connectivity index (χ2v) is 6.38. The van der Waals surface area contributed by atoms with Crippen molar-refractivity contribution >= 4 is 11.9 Å². The molecule has 7 nitrogen and oxygen atoms in total. The number of nitrogens with one attached hydrogen (secondary N) is 2. The number of alkyl halides is 3. The van der Waals surface area contributed by atoms with Gasteiger partial charge in [0, 0.05) is 13.6 Å². The number of nitrogens with zero attached hydrogens (tertiary/aromatic N) is 1. The van der Waals surface area contributed by atoms with Gasteiger partial charge in [-0.05, 0) is 24.1 Å². The van der Waals surface area contributed by atoms with E-state index in [4.69, 9.17) is 9.15 Å². The van der Waals surface area contributed by atoms with E-state index in [0.29, 0.717) is 41.7 Å². The van der Waals surface area contributed by atoms with Gasteiger partial charge in [-0.2, -0.15) is 13.2 Å². The Hall–Kier alpha value is -3.01. The minimum absolute atomic E-state index is 0.105. The van der Waals surface area contributed by atoms with Crippen LogP contribution < -0.4 is 10.6 Å². The van der Waals surface area contributed by atoms with E-state index in [0.717, 1.165) is 5.56 Å². The summed E-state index contributed by atoms with van der Waals surface area (Å²) in [5.41, 5.74) is 1.94. The van der Waals surface area contributed by atoms with Gasteiger partial charge in [-0.1, -0.05) is 24.3 Å². The number of halogens is 3. The lowest BCUT2D eigenvalue weighted by Crippen LogP contribution is -2.36. The van der Waals surface area contributed by atoms with Gasteiger partial charge in [-0.3, -0.25) is 4.99 Å². The zero-order valence-electron chi connectivity index (χ0n) is 16.9. The molecule has 0 fully saturated rings. The lowest BCUT2D eigenvalue weighted by molar-refractivity contribution is -0.176. The van der Waals surface area contributed by atoms with Crippen molar-refractivity contribution in [2.45, 2.75) is 32.8 Å². The van der Waals surface area contributed by atoms with E-state index in [1.807, 2.05) is 0 Å². The molecular formula is C20H24F3N3O4. The average molecular weight is 427 g/mol. The summed E-state index contributed by atoms with van der Waals surface area (Å²) in [6, 6.07) is 8.63. The molecule has 164 valence electrons. The number of esters is 1. The summed E-state index contributed by atoms with van der Waals surface area (Å²) >= 11 is 0. The molecule has 2 N–H and O–H groups in total. The topological polar surface area (TPSA) is 85.1 Å². The fourth-order valence-corrected chi connectivity index (χ4v) is 2.56. The van der Waals surface area contributed by atoms with E-state index in [2.05, 4.69) is 20.4 Å². The fourth-order valence-electron chi connectivity index (χ4n) is 2.56. The zero-order chi connectivity index (χ0) is 22.1. The Kier molecular flexibility index (Phi) is 8.28. The summed E-state index contributed by atoms with van der Waals surface area (Å²) in [5.74, 6) is 1.08. The Morgan fingerprint density at radius 1 is 1.13 bits per heavy atom. The Bertz CT molecular complexity index is 861. The minimum Gasteiger partial charge on any atom is -0.465 e. The van der Waals surface area contributed by atoms with Crippen molar-refractivity contribution < 1.29 is 31.9 Å². The molecule has 0 aliphatic carbocycles. The molecule has 0 bridgehead atoms. The second kappa shape index (κ2) is 10.7. The van der Waals surface area contributed by atoms with Gasteiger partial charge in [-0.25, -0.2) is 4.79 Å². The number of rotatable bonds is 8. The van der Waals surface area contributed by atoms with Crippen molar-refractivity contribution in [3.63, 3.8) is 0 Å². The number of carbonyl (C=O) groups excluding carboxylic acids is 1. The number of furan rings is 1. The summed E-state index contributed by atoms with van der Waals surface area (Å²) in [6.07, 6.45) is -4.33. The van der Waals surface area contributed by atoms with Crippen molar-refractivity contribution in [3.8, 4) is 0 Å². The molecule has 10 heteroatoms. The highest BCUT2D eigenvalue weighted by Gasteiger charge is 2.27. The first-order chi connectivity index (χ1) is 14.2. The predicted molar refractivity (Wildman–Crippen MR) is 104 cm³/mol. The Balaban J connectivity index is 1.81. The third-order valence-electron chi connectivity index (χ3n) is 4.05. The van der Waals surface area contributed by atoms with Gasteiger partial charge >= 0.3 is 12.1 Å². The number of hydrogen-bond acceptors (Lipinski definition) is 5. The van der Waals surface area contributed by atoms with Crippen LogP contribution in [0.2, 0.25) is 0 Å². The number of guanidine groups is 1. The van der Waals surface area contributed by atoms with Crippen LogP contribution in [0, 0.1) is 6.92 Å². The maximum atomic E-state index is 12.1. The van der Waals surface area contributed by atoms with E-state index < -0.39 is 18.8 Å². The van der Waals surface area contributed by atoms with Gasteiger partial charge in [0.1, 0.15) is 23.7 Å². The quantitative estimate of drug-likeness (QED) is 0.382. The van der Waals surface area contributed by atoms with Crippen LogP contribution in [-0.2, 0) is 29.2 Å². The predicted octanol–water partition coefficient (Wildman–Crippen LogP) is 3.32. The first-order valence-electron chi connectivity index (χ1n) is 9.06. The molecule has 0 aliphatic heterocycles. The van der Waals surface area contributed by atoms with Gasteiger partial charge < -0.3 is 24.5 Å². The summed E-state index contributed by atoms with van der Waals surface area (Å²) in [6.45, 7) is 1.07. The molecule has 0 radical (unpaired) electrons. The van der Waals surface area contributed by atoms with Gasteiger partial charge in [0.05, 0.1) is 20.3 Å². The smallest absolute Gasteiger partial charge is 0.411 e. The van der Waals surface area contributed by atoms with E-state index >= 15 is 0 Å². The highest BCUT2D eigenvalue weighted by atomic mass is 19.4. The summed E-state index contributed by atoms with van der Waals surface area (Å²) in [7, 11) is 2.92. The third kappa shape index (κ3) is 7.43. The highest BCUT2D eigenvalue weighted by Crippen LogP contribution is 2.16. The van der Waals surface area contributed by atoms with E-state index in [-0.39, 0.29) is 6.61 Å². The fraction of sp³-hybridized carbons (Fsp3) is 0.400. The molecule has 1 aromatic heterocycles. The van der Waals surface area contributed by atoms with Crippen molar-refractivity contribution in [2.24, 2.45) is 4.99 Å². The summed E-state index contributed by atoms with van der Waals surface area (Å²) < 4.78 is 51.2. The molecular weight excluding hydrogens is 403 g/mol. The summed E-state index contributed by atoms with van der Waals surface area (Å²) in [4.78, 5) is 15.7. The molecule has 0 saturated carbocycles. The largest absolute Gasteiger partial charge is 0.465 e. The maximum absolute atomic E-state index is 12.1. The molecule has 2 rings (SSSR count). The molecule has 1 aromatic carbocycles. The molecule has 0 spiro atoms. The van der Waals surface area contributed by atoms with Crippen LogP contribution in [0.5, 0.6) is 0 Å². The third-order valence-corrected chi connectivity index (χ3v) is 4.05. The van der Waals surface area contributed by atoms with Crippen LogP contribution in [0.3, 0.4) is 0 Å². The molecule has 0 saturated heterocycles. The van der Waals surface area contributed by atoms with Crippen molar-refractivity contribution in [1.82, 2.24) is 10.6 Å². The van der Waals surface area contributed by atoms with Crippen LogP contribution in [0.1, 0.15) is 33.0 Å². The van der Waals surface area contributed by atoms with Crippen LogP contribution >= 0.6 is 0 Å². The number of aryl methyl sites for hydroxylation is 1. The molecule has 0 unspecified atom stereocenters. The van der Waals surface area contributed by atoms with Gasteiger partial charge in [0.25, 0.3) is 0 Å². The Morgan fingerprint density at radius 3 is 2.37 bits per heavy atom. The minimum atomic E-state index is -4.33. The van der Waals surface area contributed by atoms with Crippen molar-refractivity contribution in [3.05, 3.63) is 58.5 Å². The Labute approximate surface area is 172 Å². The molecule has 0 atom stereocenters. The zero-order valence-corrected chi connectivity index (χ0v) is 16.9. The monoisotopic (exact) mass is 427 g/mol. The van der Waals surface area contributed by atoms with E-state index in [1.165, 1.54) is 7.11 Å². The number of ether oxygens (including phenoxy) is 2. The molecule has 2 aromatic rings. The first-order valence-corrected chi connectivity index (χ1v) is 9.06. The van der Waals surface area contributed by atoms with Crippen LogP contribution in [0.15, 0.2) is 39.7 Å². The molecule has 0 aliphatic rings. The maximum Gasteiger partial charge on any atom is 0.411 e. The van der Waals surface area contributed by atoms with Crippen molar-refractivity contribution in [2.75, 3.05) is 20.8 Å². The molecule has 30 heavy (non-hydrogen) atoms. The standard InChI is InChI=1S/C20H24F3N3O4/c1-13-17(18(27)28-3)8-16(30-13)10-26-19(24-2)25-9-14-4-6-15(7-5-14)11-29-12-20(21,22)23/h4-8H,9-12H2,1-3H3,(H2,24,25,26). The molecule has 0 amide bonds. The lowest BCUT2D eigenvalue weighted by Gasteiger charge is -2.12. The average Bonchev–Trinajstić information content (AvgIpc) is 3.08. The highest BCUT2D eigenvalue weighted by molar-refractivity contribution is 5.90. The number of hydrogen-bond donors (Lipinski definition) is 2. The number of aliphatic imine (C=N–C) groups is 1. The van der Waals surface area contributed by atoms with Crippen LogP contribution in [0.25, 0.3) is 0 Å². The van der Waals surface area contributed by atoms with Crippen molar-refractivity contribution in [1.29, 1.82) is 0 Å². The second-order valence-electron chi connectivity index (χ2n) is 6.38. The normalized spacial score (nSPS) is 12.0. The number of carbonyl (C=O) groups is 1. The number of methoxy groups -OCH3 is 1. The van der Waals surface area contributed by atoms with Gasteiger partial charge in [-0.15, -0.1) is 0 Å². The van der Waals surface area contributed by atoms with Crippen LogP contribution in [0.4, 0.5) is 13.2 Å². The number of benzene rings is 1. The van der Waals surface area contributed by atoms with E-state index in [1.54, 1.807) is 44.3 Å². The van der Waals surface area contributed by atoms with Gasteiger partial charge in [0.15, 0.2) is 5.96 Å². The Morgan fingerprint density at radius 2 is 1.77 bits per heavy atom. The first kappa shape index (κ1) is 23.3. The SMILES string of the molecule is CN=C(NCc1ccc(COCC(F)(F)F)cc1)NCc1cc(C(=O)OC)c(C)o1. The summed E-state index contributed by atoms with van der Waals surface area (Å²) in [5, 5.41) is 6.19. The van der Waals surface area contributed by atoms with Gasteiger partial charge in [0.2, 0.25) is 0 Å². The lowest BCUT2D eigenvalue weighted by atomic mass is 10.1. The van der Waals surface area contributed by atoms with E-state index in [9.17, 15) is 18.0 Å².